The molecule has 2 aliphatic rings. The lowest BCUT2D eigenvalue weighted by molar-refractivity contribution is 0.392. The predicted molar refractivity (Wildman–Crippen MR) is 68.2 cm³/mol. The van der Waals surface area contributed by atoms with Gasteiger partial charge in [0.05, 0.1) is 0 Å². The number of hydrogen-bond donors (Lipinski definition) is 0. The van der Waals surface area contributed by atoms with Crippen LogP contribution >= 0.6 is 15.9 Å². The van der Waals surface area contributed by atoms with Crippen LogP contribution in [0.4, 0.5) is 0 Å². The van der Waals surface area contributed by atoms with Crippen molar-refractivity contribution >= 4 is 22.0 Å². The average Bonchev–Trinajstić information content (AvgIpc) is 2.55. The number of halogens is 1. The second-order valence-electron chi connectivity index (χ2n) is 5.61. The first kappa shape index (κ1) is 9.65. The number of hydrogen-bond acceptors (Lipinski definition) is 0. The molecule has 2 aliphatic carbocycles. The molecule has 0 aromatic heterocycles. The molecule has 0 saturated carbocycles. The van der Waals surface area contributed by atoms with E-state index in [1.807, 2.05) is 0 Å². The van der Waals surface area contributed by atoms with Crippen molar-refractivity contribution < 1.29 is 0 Å². The highest BCUT2D eigenvalue weighted by molar-refractivity contribution is 9.11. The monoisotopic (exact) mass is 262 g/mol. The van der Waals surface area contributed by atoms with Gasteiger partial charge in [0, 0.05) is 10.9 Å². The molecule has 0 N–H and O–H groups in total. The van der Waals surface area contributed by atoms with E-state index in [0.29, 0.717) is 5.41 Å². The minimum absolute atomic E-state index is 0.471. The van der Waals surface area contributed by atoms with Crippen LogP contribution in [0, 0.1) is 5.41 Å². The largest absolute Gasteiger partial charge is 0.0593 e. The molecule has 15 heavy (non-hydrogen) atoms. The molecule has 0 heterocycles. The molecule has 0 nitrogen and oxygen atoms in total. The summed E-state index contributed by atoms with van der Waals surface area (Å²) in [6.07, 6.45) is 5.83. The number of benzene rings is 1. The van der Waals surface area contributed by atoms with Gasteiger partial charge in [0.15, 0.2) is 0 Å². The van der Waals surface area contributed by atoms with E-state index in [2.05, 4.69) is 48.0 Å². The first-order valence-corrected chi connectivity index (χ1v) is 6.34. The molecule has 78 valence electrons. The van der Waals surface area contributed by atoms with Gasteiger partial charge >= 0.3 is 0 Å². The van der Waals surface area contributed by atoms with Crippen molar-refractivity contribution in [3.05, 3.63) is 38.9 Å². The number of rotatable bonds is 0. The van der Waals surface area contributed by atoms with Gasteiger partial charge in [-0.1, -0.05) is 41.9 Å². The Morgan fingerprint density at radius 3 is 2.47 bits per heavy atom. The lowest BCUT2D eigenvalue weighted by Gasteiger charge is -2.14. The summed E-state index contributed by atoms with van der Waals surface area (Å²) in [5, 5.41) is 0. The smallest absolute Gasteiger partial charge is 0.00469 e. The number of fused-ring (bicyclic) bond motifs is 2. The van der Waals surface area contributed by atoms with Gasteiger partial charge in [0.1, 0.15) is 0 Å². The van der Waals surface area contributed by atoms with Crippen molar-refractivity contribution in [3.8, 4) is 0 Å². The van der Waals surface area contributed by atoms with Gasteiger partial charge in [0.2, 0.25) is 0 Å². The highest BCUT2D eigenvalue weighted by Gasteiger charge is 2.29. The summed E-state index contributed by atoms with van der Waals surface area (Å²) in [5.41, 5.74) is 6.54. The van der Waals surface area contributed by atoms with E-state index in [9.17, 15) is 0 Å². The molecule has 0 fully saturated rings. The zero-order valence-electron chi connectivity index (χ0n) is 9.23. The van der Waals surface area contributed by atoms with Gasteiger partial charge < -0.3 is 0 Å². The molecule has 1 heteroatoms. The van der Waals surface area contributed by atoms with E-state index in [1.165, 1.54) is 28.5 Å². The highest BCUT2D eigenvalue weighted by Crippen LogP contribution is 2.40. The molecule has 1 aromatic carbocycles. The van der Waals surface area contributed by atoms with Gasteiger partial charge in [-0.25, -0.2) is 0 Å². The quantitative estimate of drug-likeness (QED) is 0.661. The Bertz CT molecular complexity index is 466. The van der Waals surface area contributed by atoms with Gasteiger partial charge in [-0.3, -0.25) is 0 Å². The van der Waals surface area contributed by atoms with Crippen molar-refractivity contribution in [1.82, 2.24) is 0 Å². The van der Waals surface area contributed by atoms with Gasteiger partial charge in [0.25, 0.3) is 0 Å². The standard InChI is InChI=1S/C14H15Br/c1-14(2)7-11-3-9-5-13(15)6-10(9)4-12(11)8-14/h3-5H,6-8H2,1-2H3. The summed E-state index contributed by atoms with van der Waals surface area (Å²) in [5.74, 6) is 0. The minimum Gasteiger partial charge on any atom is -0.0593 e. The summed E-state index contributed by atoms with van der Waals surface area (Å²) in [4.78, 5) is 0. The Labute approximate surface area is 99.5 Å². The molecule has 1 aromatic rings. The van der Waals surface area contributed by atoms with E-state index in [1.54, 1.807) is 11.1 Å². The maximum Gasteiger partial charge on any atom is 0.00469 e. The third-order valence-electron chi connectivity index (χ3n) is 3.47. The average molecular weight is 263 g/mol. The molecule has 0 saturated heterocycles. The molecule has 0 amide bonds. The molecule has 0 spiro atoms. The van der Waals surface area contributed by atoms with Gasteiger partial charge in [-0.15, -0.1) is 0 Å². The molecular formula is C14H15Br. The van der Waals surface area contributed by atoms with Crippen LogP contribution in [0.3, 0.4) is 0 Å². The maximum absolute atomic E-state index is 3.59. The van der Waals surface area contributed by atoms with Crippen LogP contribution in [0.1, 0.15) is 36.1 Å². The summed E-state index contributed by atoms with van der Waals surface area (Å²) in [6, 6.07) is 4.82. The van der Waals surface area contributed by atoms with Crippen LogP contribution < -0.4 is 0 Å². The number of allylic oxidation sites excluding steroid dienone is 1. The van der Waals surface area contributed by atoms with Crippen LogP contribution in [0.25, 0.3) is 6.08 Å². The molecule has 0 radical (unpaired) electrons. The summed E-state index contributed by atoms with van der Waals surface area (Å²) < 4.78 is 1.32. The second-order valence-corrected chi connectivity index (χ2v) is 6.62. The lowest BCUT2D eigenvalue weighted by Crippen LogP contribution is -2.09. The molecule has 0 unspecified atom stereocenters. The molecule has 3 rings (SSSR count). The van der Waals surface area contributed by atoms with Crippen LogP contribution in [0.2, 0.25) is 0 Å². The van der Waals surface area contributed by atoms with E-state index in [4.69, 9.17) is 0 Å². The minimum atomic E-state index is 0.471. The summed E-state index contributed by atoms with van der Waals surface area (Å²) in [7, 11) is 0. The van der Waals surface area contributed by atoms with Crippen molar-refractivity contribution in [2.45, 2.75) is 33.1 Å². The molecule has 0 atom stereocenters. The fourth-order valence-corrected chi connectivity index (χ4v) is 3.42. The van der Waals surface area contributed by atoms with Crippen molar-refractivity contribution in [2.24, 2.45) is 5.41 Å². The van der Waals surface area contributed by atoms with Crippen molar-refractivity contribution in [3.63, 3.8) is 0 Å². The van der Waals surface area contributed by atoms with Crippen LogP contribution in [0.15, 0.2) is 16.6 Å². The third kappa shape index (κ3) is 1.57. The van der Waals surface area contributed by atoms with Crippen LogP contribution in [-0.4, -0.2) is 0 Å². The zero-order chi connectivity index (χ0) is 10.6. The fraction of sp³-hybridized carbons (Fsp3) is 0.429. The highest BCUT2D eigenvalue weighted by atomic mass is 79.9. The Morgan fingerprint density at radius 1 is 1.07 bits per heavy atom. The summed E-state index contributed by atoms with van der Waals surface area (Å²) >= 11 is 3.59. The Kier molecular flexibility index (Phi) is 1.91. The lowest BCUT2D eigenvalue weighted by atomic mass is 9.90. The SMILES string of the molecule is CC1(C)Cc2cc3c(cc2C1)CC(Br)=C3. The van der Waals surface area contributed by atoms with Gasteiger partial charge in [-0.05, 0) is 46.6 Å². The summed E-state index contributed by atoms with van der Waals surface area (Å²) in [6.45, 7) is 4.73. The zero-order valence-corrected chi connectivity index (χ0v) is 10.8. The Hall–Kier alpha value is -0.560. The third-order valence-corrected chi connectivity index (χ3v) is 3.98. The van der Waals surface area contributed by atoms with E-state index in [0.717, 1.165) is 6.42 Å². The van der Waals surface area contributed by atoms with E-state index < -0.39 is 0 Å². The first-order valence-electron chi connectivity index (χ1n) is 5.54. The molecular weight excluding hydrogens is 248 g/mol. The second kappa shape index (κ2) is 2.98. The molecule has 0 aliphatic heterocycles. The Morgan fingerprint density at radius 2 is 1.73 bits per heavy atom. The topological polar surface area (TPSA) is 0 Å². The van der Waals surface area contributed by atoms with E-state index >= 15 is 0 Å². The van der Waals surface area contributed by atoms with Crippen molar-refractivity contribution in [2.75, 3.05) is 0 Å². The Balaban J connectivity index is 2.08. The van der Waals surface area contributed by atoms with Crippen LogP contribution in [-0.2, 0) is 19.3 Å². The van der Waals surface area contributed by atoms with Crippen LogP contribution in [0.5, 0.6) is 0 Å². The first-order chi connectivity index (χ1) is 7.03. The van der Waals surface area contributed by atoms with Gasteiger partial charge in [-0.2, -0.15) is 0 Å². The maximum atomic E-state index is 3.59. The fourth-order valence-electron chi connectivity index (χ4n) is 2.87. The predicted octanol–water partition coefficient (Wildman–Crippen LogP) is 4.10. The normalized spacial score (nSPS) is 21.1. The molecule has 0 bridgehead atoms. The van der Waals surface area contributed by atoms with E-state index in [-0.39, 0.29) is 0 Å². The van der Waals surface area contributed by atoms with Crippen molar-refractivity contribution in [1.29, 1.82) is 0 Å².